The molecule has 4 heteroatoms. The molecule has 0 saturated heterocycles. The summed E-state index contributed by atoms with van der Waals surface area (Å²) in [6.07, 6.45) is 0. The number of hydrogen-bond acceptors (Lipinski definition) is 3. The third-order valence-electron chi connectivity index (χ3n) is 9.16. The maximum Gasteiger partial charge on any atom is 0.227 e. The summed E-state index contributed by atoms with van der Waals surface area (Å²) < 4.78 is 8.91. The van der Waals surface area contributed by atoms with Crippen LogP contribution in [0.25, 0.3) is 72.9 Å². The molecule has 0 unspecified atom stereocenters. The molecule has 234 valence electrons. The summed E-state index contributed by atoms with van der Waals surface area (Å²) in [6, 6.07) is 48.8. The molecular formula is C44H37N3O. The van der Waals surface area contributed by atoms with Crippen molar-refractivity contribution < 1.29 is 4.42 Å². The standard InChI is InChI=1S/C44H37N3O/c1-28(2)35-24-33(30-16-8-5-9-17-30)25-36(29(3)4)41(35)47-40-23-15-14-22-38(40)45-43(47)34-26-37(31-18-10-6-11-19-31)42-39(27-34)46-44(48-42)32-20-12-7-13-21-32/h5-29H,1-4H3. The lowest BCUT2D eigenvalue weighted by Crippen LogP contribution is -2.09. The van der Waals surface area contributed by atoms with Crippen LogP contribution in [0.5, 0.6) is 0 Å². The van der Waals surface area contributed by atoms with Crippen LogP contribution in [0.15, 0.2) is 144 Å². The molecule has 0 N–H and O–H groups in total. The van der Waals surface area contributed by atoms with Crippen LogP contribution in [0, 0.1) is 0 Å². The Morgan fingerprint density at radius 1 is 0.500 bits per heavy atom. The Kier molecular flexibility index (Phi) is 7.49. The second-order valence-corrected chi connectivity index (χ2v) is 13.1. The van der Waals surface area contributed by atoms with Crippen LogP contribution in [0.2, 0.25) is 0 Å². The first-order chi connectivity index (χ1) is 23.5. The van der Waals surface area contributed by atoms with Gasteiger partial charge < -0.3 is 4.42 Å². The molecule has 0 aliphatic rings. The smallest absolute Gasteiger partial charge is 0.227 e. The lowest BCUT2D eigenvalue weighted by Gasteiger charge is -2.24. The van der Waals surface area contributed by atoms with Crippen LogP contribution >= 0.6 is 0 Å². The zero-order valence-corrected chi connectivity index (χ0v) is 27.7. The maximum atomic E-state index is 6.52. The third kappa shape index (κ3) is 5.20. The van der Waals surface area contributed by atoms with Crippen molar-refractivity contribution in [3.63, 3.8) is 0 Å². The summed E-state index contributed by atoms with van der Waals surface area (Å²) in [4.78, 5) is 10.4. The molecule has 48 heavy (non-hydrogen) atoms. The largest absolute Gasteiger partial charge is 0.435 e. The number of benzene rings is 6. The number of imidazole rings is 1. The lowest BCUT2D eigenvalue weighted by molar-refractivity contribution is 0.621. The van der Waals surface area contributed by atoms with Crippen LogP contribution in [-0.4, -0.2) is 14.5 Å². The van der Waals surface area contributed by atoms with E-state index in [1.807, 2.05) is 36.4 Å². The highest BCUT2D eigenvalue weighted by Crippen LogP contribution is 2.42. The molecule has 0 fully saturated rings. The van der Waals surface area contributed by atoms with E-state index in [1.165, 1.54) is 27.9 Å². The Bertz CT molecular complexity index is 2350. The summed E-state index contributed by atoms with van der Waals surface area (Å²) in [5, 5.41) is 0. The SMILES string of the molecule is CC(C)c1cc(-c2ccccc2)cc(C(C)C)c1-n1c(-c2cc(-c3ccccc3)c3oc(-c4ccccc4)nc3c2)nc2ccccc21. The Balaban J connectivity index is 1.44. The normalized spacial score (nSPS) is 11.7. The molecule has 0 bridgehead atoms. The van der Waals surface area contributed by atoms with Gasteiger partial charge in [0.1, 0.15) is 11.3 Å². The van der Waals surface area contributed by atoms with Gasteiger partial charge in [0.05, 0.1) is 16.7 Å². The van der Waals surface area contributed by atoms with Crippen molar-refractivity contribution in [1.29, 1.82) is 0 Å². The molecule has 0 radical (unpaired) electrons. The minimum Gasteiger partial charge on any atom is -0.435 e. The molecular weight excluding hydrogens is 587 g/mol. The molecule has 0 saturated carbocycles. The zero-order valence-electron chi connectivity index (χ0n) is 27.7. The number of hydrogen-bond donors (Lipinski definition) is 0. The topological polar surface area (TPSA) is 43.9 Å². The number of aromatic nitrogens is 3. The molecule has 0 aliphatic carbocycles. The highest BCUT2D eigenvalue weighted by atomic mass is 16.3. The minimum atomic E-state index is 0.279. The fourth-order valence-electron chi connectivity index (χ4n) is 6.76. The van der Waals surface area contributed by atoms with Gasteiger partial charge in [-0.1, -0.05) is 119 Å². The number of rotatable bonds is 7. The van der Waals surface area contributed by atoms with E-state index in [0.29, 0.717) is 5.89 Å². The summed E-state index contributed by atoms with van der Waals surface area (Å²) in [7, 11) is 0. The first-order valence-corrected chi connectivity index (χ1v) is 16.7. The number of fused-ring (bicyclic) bond motifs is 2. The maximum absolute atomic E-state index is 6.52. The molecule has 4 nitrogen and oxygen atoms in total. The summed E-state index contributed by atoms with van der Waals surface area (Å²) >= 11 is 0. The fourth-order valence-corrected chi connectivity index (χ4v) is 6.76. The summed E-state index contributed by atoms with van der Waals surface area (Å²) in [6.45, 7) is 9.15. The van der Waals surface area contributed by atoms with E-state index in [1.54, 1.807) is 0 Å². The number of nitrogens with zero attached hydrogens (tertiary/aromatic N) is 3. The average molecular weight is 624 g/mol. The highest BCUT2D eigenvalue weighted by molar-refractivity contribution is 5.96. The average Bonchev–Trinajstić information content (AvgIpc) is 3.74. The molecule has 0 spiro atoms. The van der Waals surface area contributed by atoms with Gasteiger partial charge in [-0.05, 0) is 88.2 Å². The summed E-state index contributed by atoms with van der Waals surface area (Å²) in [5.74, 6) is 2.05. The van der Waals surface area contributed by atoms with Crippen molar-refractivity contribution >= 4 is 22.1 Å². The number of para-hydroxylation sites is 2. The molecule has 0 aliphatic heterocycles. The van der Waals surface area contributed by atoms with Crippen LogP contribution in [0.1, 0.15) is 50.7 Å². The first-order valence-electron chi connectivity index (χ1n) is 16.7. The molecule has 2 heterocycles. The van der Waals surface area contributed by atoms with Crippen LogP contribution < -0.4 is 0 Å². The van der Waals surface area contributed by atoms with Crippen LogP contribution in [0.4, 0.5) is 0 Å². The van der Waals surface area contributed by atoms with E-state index >= 15 is 0 Å². The van der Waals surface area contributed by atoms with Crippen LogP contribution in [0.3, 0.4) is 0 Å². The number of oxazole rings is 1. The minimum absolute atomic E-state index is 0.279. The van der Waals surface area contributed by atoms with Gasteiger partial charge in [-0.15, -0.1) is 0 Å². The Hall–Kier alpha value is -5.74. The second-order valence-electron chi connectivity index (χ2n) is 13.1. The fraction of sp³-hybridized carbons (Fsp3) is 0.136. The molecule has 8 aromatic rings. The van der Waals surface area contributed by atoms with Crippen molar-refractivity contribution in [1.82, 2.24) is 14.5 Å². The Labute approximate surface area is 281 Å². The van der Waals surface area contributed by atoms with Gasteiger partial charge in [0, 0.05) is 16.7 Å². The van der Waals surface area contributed by atoms with E-state index in [2.05, 4.69) is 135 Å². The molecule has 0 atom stereocenters. The van der Waals surface area contributed by atoms with E-state index < -0.39 is 0 Å². The van der Waals surface area contributed by atoms with E-state index in [0.717, 1.165) is 50.2 Å². The van der Waals surface area contributed by atoms with Crippen molar-refractivity contribution in [2.45, 2.75) is 39.5 Å². The van der Waals surface area contributed by atoms with Crippen molar-refractivity contribution in [3.05, 3.63) is 151 Å². The zero-order chi connectivity index (χ0) is 32.8. The lowest BCUT2D eigenvalue weighted by atomic mass is 9.88. The van der Waals surface area contributed by atoms with Crippen molar-refractivity contribution in [2.75, 3.05) is 0 Å². The molecule has 2 aromatic heterocycles. The van der Waals surface area contributed by atoms with Gasteiger partial charge in [-0.25, -0.2) is 9.97 Å². The second kappa shape index (κ2) is 12.1. The highest BCUT2D eigenvalue weighted by Gasteiger charge is 2.25. The third-order valence-corrected chi connectivity index (χ3v) is 9.16. The van der Waals surface area contributed by atoms with Gasteiger partial charge in [-0.3, -0.25) is 4.57 Å². The molecule has 8 rings (SSSR count). The predicted molar refractivity (Wildman–Crippen MR) is 199 cm³/mol. The van der Waals surface area contributed by atoms with Crippen LogP contribution in [-0.2, 0) is 0 Å². The molecule has 6 aromatic carbocycles. The first kappa shape index (κ1) is 29.6. The van der Waals surface area contributed by atoms with Crippen molar-refractivity contribution in [2.24, 2.45) is 0 Å². The Morgan fingerprint density at radius 3 is 1.69 bits per heavy atom. The van der Waals surface area contributed by atoms with E-state index in [9.17, 15) is 0 Å². The monoisotopic (exact) mass is 623 g/mol. The van der Waals surface area contributed by atoms with Gasteiger partial charge >= 0.3 is 0 Å². The van der Waals surface area contributed by atoms with Gasteiger partial charge in [0.25, 0.3) is 0 Å². The summed E-state index contributed by atoms with van der Waals surface area (Å²) in [5.41, 5.74) is 13.8. The van der Waals surface area contributed by atoms with Gasteiger partial charge in [-0.2, -0.15) is 0 Å². The van der Waals surface area contributed by atoms with E-state index in [-0.39, 0.29) is 11.8 Å². The van der Waals surface area contributed by atoms with Gasteiger partial charge in [0.15, 0.2) is 5.58 Å². The Morgan fingerprint density at radius 2 is 1.06 bits per heavy atom. The predicted octanol–water partition coefficient (Wildman–Crippen LogP) is 12.1. The van der Waals surface area contributed by atoms with Crippen molar-refractivity contribution in [3.8, 4) is 50.8 Å². The van der Waals surface area contributed by atoms with Gasteiger partial charge in [0.2, 0.25) is 5.89 Å². The molecule has 0 amide bonds. The van der Waals surface area contributed by atoms with E-state index in [4.69, 9.17) is 14.4 Å². The quantitative estimate of drug-likeness (QED) is 0.177.